The van der Waals surface area contributed by atoms with Crippen LogP contribution in [0.4, 0.5) is 5.82 Å². The molecule has 1 saturated heterocycles. The van der Waals surface area contributed by atoms with E-state index >= 15 is 0 Å². The second-order valence-electron chi connectivity index (χ2n) is 6.55. The molecule has 2 heterocycles. The average molecular weight is 372 g/mol. The van der Waals surface area contributed by atoms with Crippen LogP contribution in [0.15, 0.2) is 36.4 Å². The molecule has 0 amide bonds. The van der Waals surface area contributed by atoms with Crippen LogP contribution in [0.3, 0.4) is 0 Å². The first-order valence-corrected chi connectivity index (χ1v) is 9.20. The number of hydrogen-bond donors (Lipinski definition) is 1. The molecule has 1 aromatic carbocycles. The topological polar surface area (TPSA) is 59.4 Å². The fraction of sp³-hybridized carbons (Fsp3) is 0.421. The first kappa shape index (κ1) is 18.4. The first-order chi connectivity index (χ1) is 12.6. The van der Waals surface area contributed by atoms with Crippen molar-refractivity contribution in [1.29, 1.82) is 0 Å². The van der Waals surface area contributed by atoms with Gasteiger partial charge in [0.15, 0.2) is 5.11 Å². The highest BCUT2D eigenvalue weighted by atomic mass is 32.1. The van der Waals surface area contributed by atoms with E-state index in [2.05, 4.69) is 15.3 Å². The Bertz CT molecular complexity index is 767. The molecular weight excluding hydrogens is 348 g/mol. The highest BCUT2D eigenvalue weighted by Gasteiger charge is 2.23. The molecule has 0 bridgehead atoms. The number of benzene rings is 1. The van der Waals surface area contributed by atoms with Gasteiger partial charge in [-0.1, -0.05) is 30.3 Å². The number of aryl methyl sites for hydroxylation is 1. The van der Waals surface area contributed by atoms with Gasteiger partial charge in [0.2, 0.25) is 0 Å². The number of piperidine rings is 1. The largest absolute Gasteiger partial charge is 0.469 e. The summed E-state index contributed by atoms with van der Waals surface area (Å²) in [7, 11) is 3.34. The second-order valence-corrected chi connectivity index (χ2v) is 6.93. The number of esters is 1. The molecule has 0 radical (unpaired) electrons. The molecule has 1 N–H and O–H groups in total. The number of ether oxygens (including phenoxy) is 1. The summed E-state index contributed by atoms with van der Waals surface area (Å²) in [6.45, 7) is 1.69. The Labute approximate surface area is 159 Å². The lowest BCUT2D eigenvalue weighted by Gasteiger charge is -2.33. The number of nitrogens with zero attached hydrogens (tertiary/aromatic N) is 3. The lowest BCUT2D eigenvalue weighted by atomic mass is 9.94. The summed E-state index contributed by atoms with van der Waals surface area (Å²) in [6.07, 6.45) is 2.38. The Morgan fingerprint density at radius 2 is 2.00 bits per heavy atom. The van der Waals surface area contributed by atoms with Crippen LogP contribution in [-0.4, -0.2) is 46.0 Å². The van der Waals surface area contributed by atoms with E-state index in [0.717, 1.165) is 43.0 Å². The minimum atomic E-state index is -0.132. The predicted molar refractivity (Wildman–Crippen MR) is 106 cm³/mol. The number of thiocarbonyl (C=S) groups is 1. The smallest absolute Gasteiger partial charge is 0.305 e. The van der Waals surface area contributed by atoms with Gasteiger partial charge in [-0.15, -0.1) is 0 Å². The third-order valence-corrected chi connectivity index (χ3v) is 5.13. The summed E-state index contributed by atoms with van der Waals surface area (Å²) < 4.78 is 6.56. The van der Waals surface area contributed by atoms with Crippen molar-refractivity contribution in [3.63, 3.8) is 0 Å². The molecule has 1 fully saturated rings. The third kappa shape index (κ3) is 4.40. The zero-order chi connectivity index (χ0) is 18.5. The summed E-state index contributed by atoms with van der Waals surface area (Å²) >= 11 is 5.57. The Kier molecular flexibility index (Phi) is 5.88. The molecule has 3 rings (SSSR count). The molecule has 0 saturated carbocycles. The molecule has 1 aliphatic rings. The molecular formula is C19H24N4O2S. The van der Waals surface area contributed by atoms with Crippen LogP contribution in [0.5, 0.6) is 0 Å². The maximum atomic E-state index is 11.4. The van der Waals surface area contributed by atoms with E-state index in [4.69, 9.17) is 17.0 Å². The monoisotopic (exact) mass is 372 g/mol. The normalized spacial score (nSPS) is 14.9. The molecule has 1 aliphatic heterocycles. The summed E-state index contributed by atoms with van der Waals surface area (Å²) in [6, 6.07) is 12.1. The van der Waals surface area contributed by atoms with E-state index in [1.807, 2.05) is 43.4 Å². The molecule has 26 heavy (non-hydrogen) atoms. The number of anilines is 1. The summed E-state index contributed by atoms with van der Waals surface area (Å²) in [5.74, 6) is 1.11. The SMILES string of the molecule is COC(=O)CC1CCN(C(=S)Nc2cc(-c3ccccc3)nn2C)CC1. The maximum absolute atomic E-state index is 11.4. The molecule has 7 heteroatoms. The van der Waals surface area contributed by atoms with Crippen molar-refractivity contribution in [2.75, 3.05) is 25.5 Å². The van der Waals surface area contributed by atoms with Crippen LogP contribution in [-0.2, 0) is 16.6 Å². The van der Waals surface area contributed by atoms with E-state index < -0.39 is 0 Å². The molecule has 0 aliphatic carbocycles. The van der Waals surface area contributed by atoms with E-state index in [9.17, 15) is 4.79 Å². The summed E-state index contributed by atoms with van der Waals surface area (Å²) in [5.41, 5.74) is 1.99. The van der Waals surface area contributed by atoms with Crippen molar-refractivity contribution in [3.05, 3.63) is 36.4 Å². The maximum Gasteiger partial charge on any atom is 0.305 e. The quantitative estimate of drug-likeness (QED) is 0.658. The Morgan fingerprint density at radius 3 is 2.65 bits per heavy atom. The van der Waals surface area contributed by atoms with Crippen molar-refractivity contribution in [3.8, 4) is 11.3 Å². The second kappa shape index (κ2) is 8.31. The third-order valence-electron chi connectivity index (χ3n) is 4.77. The van der Waals surface area contributed by atoms with E-state index in [0.29, 0.717) is 17.5 Å². The molecule has 0 unspecified atom stereocenters. The summed E-state index contributed by atoms with van der Waals surface area (Å²) in [4.78, 5) is 13.6. The van der Waals surface area contributed by atoms with Crippen LogP contribution in [0.1, 0.15) is 19.3 Å². The minimum absolute atomic E-state index is 0.132. The number of carbonyl (C=O) groups excluding carboxylic acids is 1. The number of nitrogens with one attached hydrogen (secondary N) is 1. The van der Waals surface area contributed by atoms with Crippen molar-refractivity contribution in [2.45, 2.75) is 19.3 Å². The van der Waals surface area contributed by atoms with Crippen LogP contribution < -0.4 is 5.32 Å². The number of methoxy groups -OCH3 is 1. The van der Waals surface area contributed by atoms with E-state index in [1.165, 1.54) is 7.11 Å². The minimum Gasteiger partial charge on any atom is -0.469 e. The van der Waals surface area contributed by atoms with Crippen LogP contribution >= 0.6 is 12.2 Å². The molecule has 1 aromatic heterocycles. The Morgan fingerprint density at radius 1 is 1.31 bits per heavy atom. The molecule has 0 spiro atoms. The van der Waals surface area contributed by atoms with Gasteiger partial charge in [-0.3, -0.25) is 9.48 Å². The summed E-state index contributed by atoms with van der Waals surface area (Å²) in [5, 5.41) is 8.56. The zero-order valence-corrected chi connectivity index (χ0v) is 16.0. The van der Waals surface area contributed by atoms with Crippen LogP contribution in [0, 0.1) is 5.92 Å². The lowest BCUT2D eigenvalue weighted by molar-refractivity contribution is -0.142. The fourth-order valence-electron chi connectivity index (χ4n) is 3.18. The Balaban J connectivity index is 1.57. The van der Waals surface area contributed by atoms with Crippen molar-refractivity contribution >= 4 is 29.1 Å². The van der Waals surface area contributed by atoms with Gasteiger partial charge in [0, 0.05) is 38.2 Å². The number of aromatic nitrogens is 2. The highest BCUT2D eigenvalue weighted by molar-refractivity contribution is 7.80. The Hall–Kier alpha value is -2.41. The lowest BCUT2D eigenvalue weighted by Crippen LogP contribution is -2.41. The van der Waals surface area contributed by atoms with Crippen LogP contribution in [0.2, 0.25) is 0 Å². The average Bonchev–Trinajstić information content (AvgIpc) is 3.03. The first-order valence-electron chi connectivity index (χ1n) is 8.79. The number of carbonyl (C=O) groups is 1. The fourth-order valence-corrected chi connectivity index (χ4v) is 3.47. The van der Waals surface area contributed by atoms with E-state index in [-0.39, 0.29) is 5.97 Å². The van der Waals surface area contributed by atoms with Gasteiger partial charge in [-0.2, -0.15) is 5.10 Å². The van der Waals surface area contributed by atoms with E-state index in [1.54, 1.807) is 4.68 Å². The van der Waals surface area contributed by atoms with Crippen molar-refractivity contribution < 1.29 is 9.53 Å². The van der Waals surface area contributed by atoms with Gasteiger partial charge in [0.1, 0.15) is 5.82 Å². The van der Waals surface area contributed by atoms with Gasteiger partial charge < -0.3 is 15.0 Å². The van der Waals surface area contributed by atoms with Gasteiger partial charge in [0.25, 0.3) is 0 Å². The van der Waals surface area contributed by atoms with Crippen LogP contribution in [0.25, 0.3) is 11.3 Å². The number of hydrogen-bond acceptors (Lipinski definition) is 4. The van der Waals surface area contributed by atoms with Crippen molar-refractivity contribution in [2.24, 2.45) is 13.0 Å². The number of likely N-dealkylation sites (tertiary alicyclic amines) is 1. The molecule has 0 atom stereocenters. The van der Waals surface area contributed by atoms with Crippen molar-refractivity contribution in [1.82, 2.24) is 14.7 Å². The van der Waals surface area contributed by atoms with Gasteiger partial charge >= 0.3 is 5.97 Å². The number of rotatable bonds is 4. The predicted octanol–water partition coefficient (Wildman–Crippen LogP) is 3.06. The van der Waals surface area contributed by atoms with Gasteiger partial charge in [0.05, 0.1) is 12.8 Å². The van der Waals surface area contributed by atoms with Gasteiger partial charge in [-0.25, -0.2) is 0 Å². The van der Waals surface area contributed by atoms with Gasteiger partial charge in [-0.05, 0) is 31.0 Å². The highest BCUT2D eigenvalue weighted by Crippen LogP contribution is 2.23. The standard InChI is InChI=1S/C19H24N4O2S/c1-22-17(13-16(21-22)15-6-4-3-5-7-15)20-19(26)23-10-8-14(9-11-23)12-18(24)25-2/h3-7,13-14H,8-12H2,1-2H3,(H,20,26). The zero-order valence-electron chi connectivity index (χ0n) is 15.1. The molecule has 6 nitrogen and oxygen atoms in total. The molecule has 2 aromatic rings. The molecule has 138 valence electrons.